The maximum absolute atomic E-state index is 11.8. The molecule has 1 aliphatic heterocycles. The van der Waals surface area contributed by atoms with Gasteiger partial charge in [0.1, 0.15) is 11.5 Å². The van der Waals surface area contributed by atoms with Gasteiger partial charge in [0.05, 0.1) is 5.25 Å². The molecule has 166 valence electrons. The standard InChI is InChI=1S/C26H21NO5S/c1-16-4-2-7-22(21(16)12-13-24(28)29)18-5-3-6-20(15-18)32-19-10-8-17(9-11-19)14-23-25(30)27-26(31)33-23/h2-13,15,23H,14H2,1H3,(H,28,29)(H,27,30,31)/b13-12+. The van der Waals surface area contributed by atoms with Crippen molar-refractivity contribution in [1.82, 2.24) is 5.32 Å². The number of carbonyl (C=O) groups is 3. The molecule has 4 rings (SSSR count). The number of ether oxygens (including phenoxy) is 1. The van der Waals surface area contributed by atoms with Crippen molar-refractivity contribution in [2.24, 2.45) is 0 Å². The van der Waals surface area contributed by atoms with Crippen molar-refractivity contribution in [1.29, 1.82) is 0 Å². The number of aryl methyl sites for hydroxylation is 1. The fraction of sp³-hybridized carbons (Fsp3) is 0.115. The van der Waals surface area contributed by atoms with E-state index >= 15 is 0 Å². The van der Waals surface area contributed by atoms with Gasteiger partial charge in [0.25, 0.3) is 5.24 Å². The van der Waals surface area contributed by atoms with Crippen molar-refractivity contribution in [3.63, 3.8) is 0 Å². The molecule has 1 atom stereocenters. The van der Waals surface area contributed by atoms with Gasteiger partial charge in [-0.25, -0.2) is 4.79 Å². The molecule has 6 nitrogen and oxygen atoms in total. The van der Waals surface area contributed by atoms with E-state index in [4.69, 9.17) is 9.84 Å². The summed E-state index contributed by atoms with van der Waals surface area (Å²) in [7, 11) is 0. The first kappa shape index (κ1) is 22.4. The SMILES string of the molecule is Cc1cccc(-c2cccc(Oc3ccc(CC4SC(=O)NC4=O)cc3)c2)c1/C=C/C(=O)O. The summed E-state index contributed by atoms with van der Waals surface area (Å²) in [6, 6.07) is 20.8. The monoisotopic (exact) mass is 459 g/mol. The van der Waals surface area contributed by atoms with Crippen molar-refractivity contribution < 1.29 is 24.2 Å². The normalized spacial score (nSPS) is 15.6. The van der Waals surface area contributed by atoms with Crippen LogP contribution in [0.2, 0.25) is 0 Å². The third-order valence-corrected chi connectivity index (χ3v) is 6.19. The predicted octanol–water partition coefficient (Wildman–Crippen LogP) is 5.45. The van der Waals surface area contributed by atoms with Gasteiger partial charge >= 0.3 is 5.97 Å². The molecule has 2 amide bonds. The Labute approximate surface area is 195 Å². The fourth-order valence-corrected chi connectivity index (χ4v) is 4.47. The number of imide groups is 1. The minimum atomic E-state index is -0.997. The van der Waals surface area contributed by atoms with Gasteiger partial charge < -0.3 is 9.84 Å². The van der Waals surface area contributed by atoms with Crippen LogP contribution < -0.4 is 10.1 Å². The Morgan fingerprint density at radius 1 is 1.06 bits per heavy atom. The van der Waals surface area contributed by atoms with E-state index in [2.05, 4.69) is 5.32 Å². The van der Waals surface area contributed by atoms with Crippen LogP contribution in [0.5, 0.6) is 11.5 Å². The third kappa shape index (κ3) is 5.51. The van der Waals surface area contributed by atoms with Gasteiger partial charge in [0.2, 0.25) is 5.91 Å². The molecule has 1 unspecified atom stereocenters. The summed E-state index contributed by atoms with van der Waals surface area (Å²) in [5.74, 6) is 0.0383. The highest BCUT2D eigenvalue weighted by atomic mass is 32.2. The minimum absolute atomic E-state index is 0.254. The third-order valence-electron chi connectivity index (χ3n) is 5.21. The Morgan fingerprint density at radius 2 is 1.82 bits per heavy atom. The fourth-order valence-electron chi connectivity index (χ4n) is 3.61. The highest BCUT2D eigenvalue weighted by molar-refractivity contribution is 8.15. The van der Waals surface area contributed by atoms with Gasteiger partial charge in [-0.15, -0.1) is 0 Å². The first-order valence-electron chi connectivity index (χ1n) is 10.3. The van der Waals surface area contributed by atoms with E-state index in [1.54, 1.807) is 6.08 Å². The number of hydrogen-bond acceptors (Lipinski definition) is 5. The smallest absolute Gasteiger partial charge is 0.328 e. The second-order valence-corrected chi connectivity index (χ2v) is 8.74. The number of rotatable bonds is 7. The Morgan fingerprint density at radius 3 is 2.52 bits per heavy atom. The van der Waals surface area contributed by atoms with Crippen molar-refractivity contribution in [2.45, 2.75) is 18.6 Å². The lowest BCUT2D eigenvalue weighted by molar-refractivity contribution is -0.131. The Balaban J connectivity index is 1.51. The number of nitrogens with one attached hydrogen (secondary N) is 1. The van der Waals surface area contributed by atoms with Gasteiger partial charge in [-0.1, -0.05) is 54.2 Å². The lowest BCUT2D eigenvalue weighted by Crippen LogP contribution is -2.25. The molecule has 0 spiro atoms. The highest BCUT2D eigenvalue weighted by Gasteiger charge is 2.31. The zero-order valence-corrected chi connectivity index (χ0v) is 18.6. The van der Waals surface area contributed by atoms with E-state index in [1.165, 1.54) is 0 Å². The molecule has 3 aromatic rings. The number of benzene rings is 3. The Bertz CT molecular complexity index is 1250. The molecule has 1 heterocycles. The highest BCUT2D eigenvalue weighted by Crippen LogP contribution is 2.32. The van der Waals surface area contributed by atoms with Crippen LogP contribution in [0.15, 0.2) is 72.8 Å². The molecule has 3 aromatic carbocycles. The molecule has 33 heavy (non-hydrogen) atoms. The lowest BCUT2D eigenvalue weighted by Gasteiger charge is -2.12. The zero-order chi connectivity index (χ0) is 23.4. The van der Waals surface area contributed by atoms with E-state index in [9.17, 15) is 14.4 Å². The first-order valence-corrected chi connectivity index (χ1v) is 11.2. The van der Waals surface area contributed by atoms with Gasteiger partial charge in [0, 0.05) is 6.08 Å². The number of carboxylic acids is 1. The van der Waals surface area contributed by atoms with E-state index in [-0.39, 0.29) is 11.1 Å². The zero-order valence-electron chi connectivity index (χ0n) is 17.8. The number of carboxylic acid groups (broad SMARTS) is 1. The second kappa shape index (κ2) is 9.75. The topological polar surface area (TPSA) is 92.7 Å². The Hall–Kier alpha value is -3.84. The number of thioether (sulfide) groups is 1. The number of aliphatic carboxylic acids is 1. The van der Waals surface area contributed by atoms with Crippen LogP contribution in [0, 0.1) is 6.92 Å². The molecule has 1 fully saturated rings. The number of carbonyl (C=O) groups excluding carboxylic acids is 2. The maximum Gasteiger partial charge on any atom is 0.328 e. The van der Waals surface area contributed by atoms with Crippen LogP contribution in [-0.2, 0) is 16.0 Å². The summed E-state index contributed by atoms with van der Waals surface area (Å²) < 4.78 is 6.02. The molecular weight excluding hydrogens is 438 g/mol. The van der Waals surface area contributed by atoms with E-state index in [0.29, 0.717) is 17.9 Å². The minimum Gasteiger partial charge on any atom is -0.478 e. The lowest BCUT2D eigenvalue weighted by atomic mass is 9.95. The maximum atomic E-state index is 11.8. The summed E-state index contributed by atoms with van der Waals surface area (Å²) >= 11 is 1.01. The van der Waals surface area contributed by atoms with Crippen molar-refractivity contribution >= 4 is 35.0 Å². The first-order chi connectivity index (χ1) is 15.9. The largest absolute Gasteiger partial charge is 0.478 e. The van der Waals surface area contributed by atoms with Crippen molar-refractivity contribution in [2.75, 3.05) is 0 Å². The average molecular weight is 460 g/mol. The van der Waals surface area contributed by atoms with E-state index in [1.807, 2.05) is 73.7 Å². The molecule has 1 aliphatic rings. The van der Waals surface area contributed by atoms with Gasteiger partial charge in [-0.05, 0) is 71.5 Å². The van der Waals surface area contributed by atoms with Gasteiger partial charge in [-0.2, -0.15) is 0 Å². The molecule has 2 N–H and O–H groups in total. The summed E-state index contributed by atoms with van der Waals surface area (Å²) in [5, 5.41) is 10.6. The van der Waals surface area contributed by atoms with E-state index < -0.39 is 11.2 Å². The quantitative estimate of drug-likeness (QED) is 0.457. The van der Waals surface area contributed by atoms with Crippen molar-refractivity contribution in [3.05, 3.63) is 89.5 Å². The summed E-state index contributed by atoms with van der Waals surface area (Å²) in [6.45, 7) is 1.94. The summed E-state index contributed by atoms with van der Waals surface area (Å²) in [5.41, 5.74) is 4.58. The summed E-state index contributed by atoms with van der Waals surface area (Å²) in [6.07, 6.45) is 3.21. The molecule has 0 radical (unpaired) electrons. The van der Waals surface area contributed by atoms with Crippen LogP contribution in [-0.4, -0.2) is 27.5 Å². The number of hydrogen-bond donors (Lipinski definition) is 2. The van der Waals surface area contributed by atoms with Crippen LogP contribution in [0.4, 0.5) is 4.79 Å². The average Bonchev–Trinajstić information content (AvgIpc) is 3.10. The number of amides is 2. The molecule has 0 saturated carbocycles. The molecule has 0 aliphatic carbocycles. The van der Waals surface area contributed by atoms with Crippen molar-refractivity contribution in [3.8, 4) is 22.6 Å². The molecule has 0 bridgehead atoms. The van der Waals surface area contributed by atoms with Crippen LogP contribution in [0.25, 0.3) is 17.2 Å². The molecule has 7 heteroatoms. The van der Waals surface area contributed by atoms with Crippen LogP contribution in [0.1, 0.15) is 16.7 Å². The summed E-state index contributed by atoms with van der Waals surface area (Å²) in [4.78, 5) is 34.1. The van der Waals surface area contributed by atoms with Crippen LogP contribution >= 0.6 is 11.8 Å². The Kier molecular flexibility index (Phi) is 6.60. The predicted molar refractivity (Wildman–Crippen MR) is 128 cm³/mol. The van der Waals surface area contributed by atoms with Crippen LogP contribution in [0.3, 0.4) is 0 Å². The molecule has 1 saturated heterocycles. The van der Waals surface area contributed by atoms with Gasteiger partial charge in [0.15, 0.2) is 0 Å². The molecule has 0 aromatic heterocycles. The molecular formula is C26H21NO5S. The van der Waals surface area contributed by atoms with E-state index in [0.717, 1.165) is 45.7 Å². The second-order valence-electron chi connectivity index (χ2n) is 7.57. The van der Waals surface area contributed by atoms with Gasteiger partial charge in [-0.3, -0.25) is 14.9 Å².